The van der Waals surface area contributed by atoms with Gasteiger partial charge in [0.05, 0.1) is 23.7 Å². The molecule has 1 aromatic rings. The summed E-state index contributed by atoms with van der Waals surface area (Å²) in [6.45, 7) is 3.77. The molecule has 1 aliphatic carbocycles. The predicted octanol–water partition coefficient (Wildman–Crippen LogP) is 2.32. The number of carbonyl (C=O) groups excluding carboxylic acids is 1. The number of pyridine rings is 1. The van der Waals surface area contributed by atoms with Crippen molar-refractivity contribution in [2.75, 3.05) is 5.32 Å². The van der Waals surface area contributed by atoms with Gasteiger partial charge < -0.3 is 10.4 Å². The minimum Gasteiger partial charge on any atom is -0.481 e. The highest BCUT2D eigenvalue weighted by molar-refractivity contribution is 5.95. The van der Waals surface area contributed by atoms with Crippen LogP contribution in [0.2, 0.25) is 0 Å². The Morgan fingerprint density at radius 1 is 1.45 bits per heavy atom. The summed E-state index contributed by atoms with van der Waals surface area (Å²) in [6.07, 6.45) is 5.58. The third-order valence-electron chi connectivity index (χ3n) is 3.64. The highest BCUT2D eigenvalue weighted by Crippen LogP contribution is 2.34. The van der Waals surface area contributed by atoms with Crippen LogP contribution in [0.5, 0.6) is 0 Å². The molecule has 0 saturated carbocycles. The quantitative estimate of drug-likeness (QED) is 0.829. The third-order valence-corrected chi connectivity index (χ3v) is 3.64. The van der Waals surface area contributed by atoms with Crippen LogP contribution in [0.15, 0.2) is 36.2 Å². The zero-order valence-electron chi connectivity index (χ0n) is 11.5. The van der Waals surface area contributed by atoms with Gasteiger partial charge in [-0.2, -0.15) is 0 Å². The van der Waals surface area contributed by atoms with Crippen molar-refractivity contribution < 1.29 is 14.7 Å². The van der Waals surface area contributed by atoms with Crippen LogP contribution in [0.4, 0.5) is 5.69 Å². The summed E-state index contributed by atoms with van der Waals surface area (Å²) in [5.74, 6) is -2.56. The number of hydrogen-bond donors (Lipinski definition) is 2. The van der Waals surface area contributed by atoms with E-state index in [0.29, 0.717) is 12.1 Å². The molecule has 0 aromatic carbocycles. The average molecular weight is 274 g/mol. The second kappa shape index (κ2) is 5.86. The highest BCUT2D eigenvalue weighted by atomic mass is 16.4. The number of aliphatic carboxylic acids is 1. The molecule has 5 heteroatoms. The summed E-state index contributed by atoms with van der Waals surface area (Å²) in [6, 6.07) is 3.45. The van der Waals surface area contributed by atoms with Crippen molar-refractivity contribution in [3.63, 3.8) is 0 Å². The van der Waals surface area contributed by atoms with E-state index in [1.165, 1.54) is 0 Å². The molecular weight excluding hydrogens is 256 g/mol. The average Bonchev–Trinajstić information content (AvgIpc) is 2.38. The van der Waals surface area contributed by atoms with E-state index in [2.05, 4.69) is 10.3 Å². The monoisotopic (exact) mass is 274 g/mol. The highest BCUT2D eigenvalue weighted by Gasteiger charge is 2.39. The Kier molecular flexibility index (Phi) is 4.17. The van der Waals surface area contributed by atoms with Crippen molar-refractivity contribution in [3.8, 4) is 0 Å². The van der Waals surface area contributed by atoms with E-state index in [9.17, 15) is 14.7 Å². The van der Waals surface area contributed by atoms with Crippen molar-refractivity contribution in [1.82, 2.24) is 4.98 Å². The molecule has 0 aliphatic heterocycles. The number of aromatic nitrogens is 1. The molecule has 1 heterocycles. The lowest BCUT2D eigenvalue weighted by atomic mass is 9.73. The molecule has 0 spiro atoms. The fourth-order valence-corrected chi connectivity index (χ4v) is 2.79. The summed E-state index contributed by atoms with van der Waals surface area (Å²) in [4.78, 5) is 27.7. The maximum Gasteiger partial charge on any atom is 0.307 e. The van der Waals surface area contributed by atoms with E-state index in [-0.39, 0.29) is 11.8 Å². The Labute approximate surface area is 117 Å². The van der Waals surface area contributed by atoms with Crippen LogP contribution in [0.25, 0.3) is 0 Å². The molecule has 0 saturated heterocycles. The number of allylic oxidation sites excluding steroid dienone is 2. The summed E-state index contributed by atoms with van der Waals surface area (Å²) in [5, 5.41) is 12.1. The second-order valence-corrected chi connectivity index (χ2v) is 5.28. The molecule has 5 nitrogen and oxygen atoms in total. The van der Waals surface area contributed by atoms with Gasteiger partial charge in [0.15, 0.2) is 0 Å². The largest absolute Gasteiger partial charge is 0.481 e. The fourth-order valence-electron chi connectivity index (χ4n) is 2.79. The van der Waals surface area contributed by atoms with Crippen LogP contribution < -0.4 is 5.32 Å². The lowest BCUT2D eigenvalue weighted by Gasteiger charge is -2.31. The van der Waals surface area contributed by atoms with Crippen molar-refractivity contribution in [3.05, 3.63) is 36.2 Å². The first-order valence-corrected chi connectivity index (χ1v) is 6.60. The Hall–Kier alpha value is -2.17. The first-order valence-electron chi connectivity index (χ1n) is 6.60. The van der Waals surface area contributed by atoms with E-state index in [0.717, 1.165) is 5.57 Å². The molecule has 0 fully saturated rings. The molecule has 1 aliphatic rings. The van der Waals surface area contributed by atoms with Gasteiger partial charge >= 0.3 is 5.97 Å². The van der Waals surface area contributed by atoms with Crippen LogP contribution in [0, 0.1) is 17.8 Å². The zero-order valence-corrected chi connectivity index (χ0v) is 11.5. The molecule has 106 valence electrons. The normalized spacial score (nSPS) is 25.7. The van der Waals surface area contributed by atoms with Gasteiger partial charge in [-0.1, -0.05) is 18.6 Å². The van der Waals surface area contributed by atoms with Crippen LogP contribution in [0.3, 0.4) is 0 Å². The Morgan fingerprint density at radius 2 is 2.20 bits per heavy atom. The summed E-state index contributed by atoms with van der Waals surface area (Å²) < 4.78 is 0. The SMILES string of the molecule is CC1=C[C@@H](C)[C@@H](C(=O)O)[C@H](C(=O)Nc2cccnc2)C1. The molecular formula is C15H18N2O3. The van der Waals surface area contributed by atoms with Crippen LogP contribution >= 0.6 is 0 Å². The maximum absolute atomic E-state index is 12.3. The molecule has 0 unspecified atom stereocenters. The van der Waals surface area contributed by atoms with E-state index < -0.39 is 17.8 Å². The number of nitrogens with zero attached hydrogens (tertiary/aromatic N) is 1. The van der Waals surface area contributed by atoms with Gasteiger partial charge in [0, 0.05) is 6.20 Å². The predicted molar refractivity (Wildman–Crippen MR) is 75.0 cm³/mol. The molecule has 2 rings (SSSR count). The third kappa shape index (κ3) is 3.04. The molecule has 3 atom stereocenters. The van der Waals surface area contributed by atoms with E-state index in [1.54, 1.807) is 24.5 Å². The van der Waals surface area contributed by atoms with Gasteiger partial charge in [-0.25, -0.2) is 0 Å². The molecule has 1 aromatic heterocycles. The van der Waals surface area contributed by atoms with Crippen molar-refractivity contribution >= 4 is 17.6 Å². The van der Waals surface area contributed by atoms with E-state index in [4.69, 9.17) is 0 Å². The van der Waals surface area contributed by atoms with Crippen LogP contribution in [-0.4, -0.2) is 22.0 Å². The number of carboxylic acid groups (broad SMARTS) is 1. The van der Waals surface area contributed by atoms with Gasteiger partial charge in [-0.05, 0) is 31.4 Å². The minimum atomic E-state index is -0.924. The minimum absolute atomic E-state index is 0.147. The lowest BCUT2D eigenvalue weighted by molar-refractivity contribution is -0.148. The number of nitrogens with one attached hydrogen (secondary N) is 1. The maximum atomic E-state index is 12.3. The molecule has 0 bridgehead atoms. The van der Waals surface area contributed by atoms with Crippen molar-refractivity contribution in [1.29, 1.82) is 0 Å². The number of rotatable bonds is 3. The summed E-state index contributed by atoms with van der Waals surface area (Å²) in [7, 11) is 0. The Bertz CT molecular complexity index is 539. The first-order chi connectivity index (χ1) is 9.49. The lowest BCUT2D eigenvalue weighted by Crippen LogP contribution is -2.39. The van der Waals surface area contributed by atoms with Crippen molar-refractivity contribution in [2.24, 2.45) is 17.8 Å². The van der Waals surface area contributed by atoms with Gasteiger partial charge in [-0.15, -0.1) is 0 Å². The number of carbonyl (C=O) groups is 2. The fraction of sp³-hybridized carbons (Fsp3) is 0.400. The Balaban J connectivity index is 2.18. The van der Waals surface area contributed by atoms with Crippen molar-refractivity contribution in [2.45, 2.75) is 20.3 Å². The van der Waals surface area contributed by atoms with Gasteiger partial charge in [0.25, 0.3) is 0 Å². The second-order valence-electron chi connectivity index (χ2n) is 5.28. The number of carboxylic acids is 1. The molecule has 0 radical (unpaired) electrons. The van der Waals surface area contributed by atoms with Gasteiger partial charge in [0.1, 0.15) is 0 Å². The van der Waals surface area contributed by atoms with Crippen LogP contribution in [-0.2, 0) is 9.59 Å². The number of anilines is 1. The summed E-state index contributed by atoms with van der Waals surface area (Å²) >= 11 is 0. The number of hydrogen-bond acceptors (Lipinski definition) is 3. The Morgan fingerprint density at radius 3 is 2.80 bits per heavy atom. The zero-order chi connectivity index (χ0) is 14.7. The van der Waals surface area contributed by atoms with E-state index in [1.807, 2.05) is 19.9 Å². The standard InChI is InChI=1S/C15H18N2O3/c1-9-6-10(2)13(15(19)20)12(7-9)14(18)17-11-4-3-5-16-8-11/h3-6,8,10,12-13H,7H2,1-2H3,(H,17,18)(H,19,20)/t10-,12-,13-/m1/s1. The molecule has 20 heavy (non-hydrogen) atoms. The van der Waals surface area contributed by atoms with Gasteiger partial charge in [0.2, 0.25) is 5.91 Å². The molecule has 1 amide bonds. The van der Waals surface area contributed by atoms with Crippen LogP contribution in [0.1, 0.15) is 20.3 Å². The van der Waals surface area contributed by atoms with Gasteiger partial charge in [-0.3, -0.25) is 14.6 Å². The number of amides is 1. The summed E-state index contributed by atoms with van der Waals surface area (Å²) in [5.41, 5.74) is 1.64. The topological polar surface area (TPSA) is 79.3 Å². The first kappa shape index (κ1) is 14.2. The molecule has 2 N–H and O–H groups in total. The van der Waals surface area contributed by atoms with E-state index >= 15 is 0 Å². The smallest absolute Gasteiger partial charge is 0.307 e.